The molecule has 20 heavy (non-hydrogen) atoms. The van der Waals surface area contributed by atoms with Crippen molar-refractivity contribution in [3.8, 4) is 0 Å². The summed E-state index contributed by atoms with van der Waals surface area (Å²) in [4.78, 5) is 19.3. The third kappa shape index (κ3) is 4.83. The maximum absolute atomic E-state index is 10.9. The van der Waals surface area contributed by atoms with E-state index in [0.717, 1.165) is 48.9 Å². The van der Waals surface area contributed by atoms with Gasteiger partial charge >= 0.3 is 5.97 Å². The van der Waals surface area contributed by atoms with Gasteiger partial charge in [0, 0.05) is 12.4 Å². The van der Waals surface area contributed by atoms with Crippen LogP contribution in [0.4, 0.5) is 0 Å². The third-order valence-corrected chi connectivity index (χ3v) is 4.29. The monoisotopic (exact) mass is 341 g/mol. The van der Waals surface area contributed by atoms with Crippen molar-refractivity contribution in [2.24, 2.45) is 11.8 Å². The van der Waals surface area contributed by atoms with Crippen LogP contribution in [0, 0.1) is 11.8 Å². The number of carboxylic acid groups (broad SMARTS) is 1. The van der Waals surface area contributed by atoms with E-state index in [4.69, 9.17) is 5.11 Å². The first-order chi connectivity index (χ1) is 9.65. The van der Waals surface area contributed by atoms with Crippen molar-refractivity contribution >= 4 is 21.9 Å². The molecule has 2 N–H and O–H groups in total. The summed E-state index contributed by atoms with van der Waals surface area (Å²) in [5.74, 6) is 0.705. The summed E-state index contributed by atoms with van der Waals surface area (Å²) in [6, 6.07) is 0. The summed E-state index contributed by atoms with van der Waals surface area (Å²) in [5, 5.41) is 12.3. The number of hydrogen-bond acceptors (Lipinski definition) is 4. The predicted octanol–water partition coefficient (Wildman–Crippen LogP) is 2.61. The van der Waals surface area contributed by atoms with E-state index in [0.29, 0.717) is 12.5 Å². The van der Waals surface area contributed by atoms with Gasteiger partial charge in [-0.2, -0.15) is 0 Å². The molecule has 1 saturated carbocycles. The quantitative estimate of drug-likeness (QED) is 0.778. The molecule has 0 aromatic carbocycles. The summed E-state index contributed by atoms with van der Waals surface area (Å²) in [6.07, 6.45) is 8.32. The molecule has 1 aromatic heterocycles. The highest BCUT2D eigenvalue weighted by atomic mass is 79.9. The molecule has 5 nitrogen and oxygen atoms in total. The van der Waals surface area contributed by atoms with E-state index < -0.39 is 5.97 Å². The molecule has 1 aromatic rings. The fourth-order valence-electron chi connectivity index (χ4n) is 2.63. The fourth-order valence-corrected chi connectivity index (χ4v) is 2.84. The Labute approximate surface area is 127 Å². The Hall–Kier alpha value is -1.01. The number of aliphatic carboxylic acids is 1. The van der Waals surface area contributed by atoms with E-state index in [1.807, 2.05) is 0 Å². The molecule has 0 bridgehead atoms. The van der Waals surface area contributed by atoms with Crippen LogP contribution in [0.5, 0.6) is 0 Å². The van der Waals surface area contributed by atoms with E-state index >= 15 is 0 Å². The zero-order valence-corrected chi connectivity index (χ0v) is 13.0. The lowest BCUT2D eigenvalue weighted by Gasteiger charge is -2.26. The van der Waals surface area contributed by atoms with Crippen LogP contribution in [-0.4, -0.2) is 27.6 Å². The predicted molar refractivity (Wildman–Crippen MR) is 79.1 cm³/mol. The second-order valence-corrected chi connectivity index (χ2v) is 6.25. The Morgan fingerprint density at radius 2 is 1.95 bits per heavy atom. The van der Waals surface area contributed by atoms with Crippen molar-refractivity contribution in [3.63, 3.8) is 0 Å². The van der Waals surface area contributed by atoms with Gasteiger partial charge in [-0.3, -0.25) is 4.79 Å². The zero-order valence-electron chi connectivity index (χ0n) is 11.4. The number of carbonyl (C=O) groups is 1. The van der Waals surface area contributed by atoms with Crippen molar-refractivity contribution < 1.29 is 9.90 Å². The lowest BCUT2D eigenvalue weighted by atomic mass is 9.80. The first-order valence-electron chi connectivity index (χ1n) is 7.05. The standard InChI is InChI=1S/C14H20BrN3O2/c15-12-7-17-13(18-8-12)9-16-6-5-10-1-3-11(4-2-10)14(19)20/h7-8,10-11,16H,1-6,9H2,(H,19,20). The molecule has 0 saturated heterocycles. The van der Waals surface area contributed by atoms with Gasteiger partial charge in [-0.15, -0.1) is 0 Å². The van der Waals surface area contributed by atoms with Crippen molar-refractivity contribution in [1.29, 1.82) is 0 Å². The van der Waals surface area contributed by atoms with Crippen LogP contribution in [0.25, 0.3) is 0 Å². The van der Waals surface area contributed by atoms with Crippen molar-refractivity contribution in [2.75, 3.05) is 6.54 Å². The number of halogens is 1. The molecule has 6 heteroatoms. The second kappa shape index (κ2) is 7.69. The molecule has 1 heterocycles. The van der Waals surface area contributed by atoms with Crippen LogP contribution in [0.2, 0.25) is 0 Å². The minimum absolute atomic E-state index is 0.115. The van der Waals surface area contributed by atoms with Gasteiger partial charge < -0.3 is 10.4 Å². The molecule has 1 aliphatic carbocycles. The molecule has 0 spiro atoms. The Morgan fingerprint density at radius 1 is 1.30 bits per heavy atom. The smallest absolute Gasteiger partial charge is 0.306 e. The van der Waals surface area contributed by atoms with Crippen LogP contribution < -0.4 is 5.32 Å². The third-order valence-electron chi connectivity index (χ3n) is 3.88. The van der Waals surface area contributed by atoms with Gasteiger partial charge in [0.2, 0.25) is 0 Å². The van der Waals surface area contributed by atoms with Gasteiger partial charge in [0.15, 0.2) is 0 Å². The van der Waals surface area contributed by atoms with Gasteiger partial charge in [0.25, 0.3) is 0 Å². The molecule has 0 amide bonds. The molecule has 110 valence electrons. The molecule has 1 fully saturated rings. The summed E-state index contributed by atoms with van der Waals surface area (Å²) in [5.41, 5.74) is 0. The largest absolute Gasteiger partial charge is 0.481 e. The molecular weight excluding hydrogens is 322 g/mol. The topological polar surface area (TPSA) is 75.1 Å². The highest BCUT2D eigenvalue weighted by molar-refractivity contribution is 9.10. The number of hydrogen-bond donors (Lipinski definition) is 2. The van der Waals surface area contributed by atoms with E-state index in [1.54, 1.807) is 12.4 Å². The molecule has 0 radical (unpaired) electrons. The van der Waals surface area contributed by atoms with Gasteiger partial charge in [0.1, 0.15) is 5.82 Å². The number of carboxylic acids is 1. The van der Waals surface area contributed by atoms with Crippen LogP contribution in [0.1, 0.15) is 37.9 Å². The summed E-state index contributed by atoms with van der Waals surface area (Å²) in [7, 11) is 0. The summed E-state index contributed by atoms with van der Waals surface area (Å²) in [6.45, 7) is 1.61. The van der Waals surface area contributed by atoms with Crippen LogP contribution >= 0.6 is 15.9 Å². The van der Waals surface area contributed by atoms with Crippen molar-refractivity contribution in [3.05, 3.63) is 22.7 Å². The minimum atomic E-state index is -0.631. The average Bonchev–Trinajstić information content (AvgIpc) is 2.46. The number of nitrogens with zero attached hydrogens (tertiary/aromatic N) is 2. The van der Waals surface area contributed by atoms with Gasteiger partial charge in [-0.05, 0) is 60.5 Å². The van der Waals surface area contributed by atoms with E-state index in [9.17, 15) is 4.79 Å². The molecule has 0 aliphatic heterocycles. The second-order valence-electron chi connectivity index (χ2n) is 5.34. The average molecular weight is 342 g/mol. The Bertz CT molecular complexity index is 431. The maximum Gasteiger partial charge on any atom is 0.306 e. The Morgan fingerprint density at radius 3 is 2.55 bits per heavy atom. The van der Waals surface area contributed by atoms with E-state index in [-0.39, 0.29) is 5.92 Å². The van der Waals surface area contributed by atoms with Gasteiger partial charge in [-0.1, -0.05) is 0 Å². The first-order valence-corrected chi connectivity index (χ1v) is 7.84. The lowest BCUT2D eigenvalue weighted by Crippen LogP contribution is -2.24. The molecule has 1 aliphatic rings. The highest BCUT2D eigenvalue weighted by Crippen LogP contribution is 2.30. The van der Waals surface area contributed by atoms with Crippen molar-refractivity contribution in [2.45, 2.75) is 38.6 Å². The maximum atomic E-state index is 10.9. The number of aromatic nitrogens is 2. The van der Waals surface area contributed by atoms with Crippen molar-refractivity contribution in [1.82, 2.24) is 15.3 Å². The van der Waals surface area contributed by atoms with E-state index in [1.165, 1.54) is 0 Å². The van der Waals surface area contributed by atoms with Gasteiger partial charge in [0.05, 0.1) is 16.9 Å². The molecular formula is C14H20BrN3O2. The number of nitrogens with one attached hydrogen (secondary N) is 1. The lowest BCUT2D eigenvalue weighted by molar-refractivity contribution is -0.143. The molecule has 0 unspecified atom stereocenters. The zero-order chi connectivity index (χ0) is 14.4. The Balaban J connectivity index is 1.60. The molecule has 2 rings (SSSR count). The highest BCUT2D eigenvalue weighted by Gasteiger charge is 2.25. The normalized spacial score (nSPS) is 22.6. The first kappa shape index (κ1) is 15.4. The Kier molecular flexibility index (Phi) is 5.91. The molecule has 0 atom stereocenters. The minimum Gasteiger partial charge on any atom is -0.481 e. The fraction of sp³-hybridized carbons (Fsp3) is 0.643. The SMILES string of the molecule is O=C(O)C1CCC(CCNCc2ncc(Br)cn2)CC1. The van der Waals surface area contributed by atoms with E-state index in [2.05, 4.69) is 31.2 Å². The summed E-state index contributed by atoms with van der Waals surface area (Å²) >= 11 is 3.31. The number of rotatable bonds is 6. The summed E-state index contributed by atoms with van der Waals surface area (Å²) < 4.78 is 0.886. The van der Waals surface area contributed by atoms with Crippen LogP contribution in [-0.2, 0) is 11.3 Å². The van der Waals surface area contributed by atoms with Gasteiger partial charge in [-0.25, -0.2) is 9.97 Å². The van der Waals surface area contributed by atoms with Crippen LogP contribution in [0.15, 0.2) is 16.9 Å². The van der Waals surface area contributed by atoms with Crippen LogP contribution in [0.3, 0.4) is 0 Å².